The molecule has 40 heavy (non-hydrogen) atoms. The topological polar surface area (TPSA) is 57.2 Å². The second-order valence-electron chi connectivity index (χ2n) is 10.7. The molecular weight excluding hydrogens is 575 g/mol. The molecule has 3 nitrogen and oxygen atoms in total. The third-order valence-electron chi connectivity index (χ3n) is 5.48. The zero-order valence-electron chi connectivity index (χ0n) is 23.1. The lowest BCUT2D eigenvalue weighted by Gasteiger charge is -2.34. The van der Waals surface area contributed by atoms with Crippen molar-refractivity contribution in [1.82, 2.24) is 0 Å². The minimum atomic E-state index is -7.43. The van der Waals surface area contributed by atoms with Crippen LogP contribution in [0, 0.1) is 6.92 Å². The van der Waals surface area contributed by atoms with Gasteiger partial charge in [-0.05, 0) is 39.5 Å². The molecule has 0 saturated heterocycles. The first-order valence-corrected chi connectivity index (χ1v) is 13.1. The highest BCUT2D eigenvalue weighted by molar-refractivity contribution is 7.86. The van der Waals surface area contributed by atoms with Crippen LogP contribution in [0.3, 0.4) is 0 Å². The van der Waals surface area contributed by atoms with E-state index in [0.29, 0.717) is 0 Å². The Labute approximate surface area is 229 Å². The van der Waals surface area contributed by atoms with Crippen LogP contribution in [0.5, 0.6) is 0 Å². The van der Waals surface area contributed by atoms with E-state index in [2.05, 4.69) is 97.0 Å². The molecule has 228 valence electrons. The van der Waals surface area contributed by atoms with Gasteiger partial charge in [0.2, 0.25) is 0 Å². The number of rotatable bonds is 5. The van der Waals surface area contributed by atoms with E-state index in [4.69, 9.17) is 0 Å². The predicted molar refractivity (Wildman–Crippen MR) is 135 cm³/mol. The average molecular weight is 609 g/mol. The number of halogens is 9. The summed E-state index contributed by atoms with van der Waals surface area (Å²) < 4.78 is 135. The molecule has 0 aliphatic rings. The summed E-state index contributed by atoms with van der Waals surface area (Å²) in [7, 11) is -7.42. The lowest BCUT2D eigenvalue weighted by molar-refractivity contribution is -0.382. The van der Waals surface area contributed by atoms with Crippen LogP contribution in [-0.2, 0) is 27.4 Å². The van der Waals surface area contributed by atoms with Crippen LogP contribution < -0.4 is 0 Å². The maximum atomic E-state index is 12.2. The zero-order valence-corrected chi connectivity index (χ0v) is 23.9. The molecule has 0 amide bonds. The van der Waals surface area contributed by atoms with Crippen molar-refractivity contribution in [2.45, 2.75) is 89.0 Å². The van der Waals surface area contributed by atoms with Crippen molar-refractivity contribution in [3.8, 4) is 0 Å². The molecule has 2 aromatic rings. The lowest BCUT2D eigenvalue weighted by atomic mass is 9.85. The maximum absolute atomic E-state index is 12.2. The van der Waals surface area contributed by atoms with E-state index in [-0.39, 0.29) is 10.8 Å². The van der Waals surface area contributed by atoms with Crippen LogP contribution >= 0.6 is 0 Å². The summed E-state index contributed by atoms with van der Waals surface area (Å²) in [6.45, 7) is 18.5. The molecule has 2 aromatic carbocycles. The number of hydrogen-bond acceptors (Lipinski definition) is 3. The third kappa shape index (κ3) is 8.79. The Balaban J connectivity index is 0.000000733. The van der Waals surface area contributed by atoms with Gasteiger partial charge in [-0.3, -0.25) is 0 Å². The number of benzene rings is 2. The lowest BCUT2D eigenvalue weighted by Crippen LogP contribution is -2.63. The Bertz CT molecular complexity index is 1120. The van der Waals surface area contributed by atoms with Crippen LogP contribution in [0.25, 0.3) is 0 Å². The molecular formula is C27H33F9O3S. The van der Waals surface area contributed by atoms with Gasteiger partial charge in [-0.25, -0.2) is 8.42 Å². The highest BCUT2D eigenvalue weighted by Crippen LogP contribution is 2.54. The smallest absolute Gasteiger partial charge is 0.460 e. The van der Waals surface area contributed by atoms with Gasteiger partial charge in [-0.15, -0.1) is 0 Å². The summed E-state index contributed by atoms with van der Waals surface area (Å²) in [4.78, 5) is 0. The molecule has 0 unspecified atom stereocenters. The molecule has 13 heteroatoms. The van der Waals surface area contributed by atoms with E-state index < -0.39 is 33.4 Å². The average Bonchev–Trinajstić information content (AvgIpc) is 2.78. The highest BCUT2D eigenvalue weighted by Gasteiger charge is 2.83. The number of alkyl halides is 9. The predicted octanol–water partition coefficient (Wildman–Crippen LogP) is 8.67. The van der Waals surface area contributed by atoms with Crippen LogP contribution in [-0.4, -0.2) is 36.2 Å². The van der Waals surface area contributed by atoms with Crippen molar-refractivity contribution in [2.75, 3.05) is 0 Å². The third-order valence-corrected chi connectivity index (χ3v) is 6.36. The first-order chi connectivity index (χ1) is 17.7. The second-order valence-corrected chi connectivity index (χ2v) is 12.1. The van der Waals surface area contributed by atoms with E-state index in [0.717, 1.165) is 6.42 Å². The Hall–Kier alpha value is -2.41. The molecule has 0 saturated carbocycles. The summed E-state index contributed by atoms with van der Waals surface area (Å²) in [6, 6.07) is 18.1. The van der Waals surface area contributed by atoms with E-state index in [9.17, 15) is 52.5 Å². The fraction of sp³-hybridized carbons (Fsp3) is 0.519. The molecule has 0 aliphatic heterocycles. The van der Waals surface area contributed by atoms with Crippen LogP contribution in [0.4, 0.5) is 39.5 Å². The van der Waals surface area contributed by atoms with Crippen molar-refractivity contribution in [2.24, 2.45) is 0 Å². The molecule has 0 fully saturated rings. The van der Waals surface area contributed by atoms with Crippen LogP contribution in [0.2, 0.25) is 0 Å². The summed E-state index contributed by atoms with van der Waals surface area (Å²) >= 11 is 0. The molecule has 0 radical (unpaired) electrons. The van der Waals surface area contributed by atoms with Gasteiger partial charge in [-0.2, -0.15) is 39.5 Å². The summed E-state index contributed by atoms with van der Waals surface area (Å²) in [6.07, 6.45) is -6.15. The molecule has 0 spiro atoms. The molecule has 0 atom stereocenters. The van der Waals surface area contributed by atoms with E-state index in [1.165, 1.54) is 22.3 Å². The molecule has 2 rings (SSSR count). The minimum Gasteiger partial charge on any atom is -0.743 e. The van der Waals surface area contributed by atoms with Crippen molar-refractivity contribution < 1.29 is 52.5 Å². The van der Waals surface area contributed by atoms with Gasteiger partial charge in [0.05, 0.1) is 13.8 Å². The van der Waals surface area contributed by atoms with Gasteiger partial charge in [0.15, 0.2) is 10.1 Å². The summed E-state index contributed by atoms with van der Waals surface area (Å²) in [5.41, 5.74) is 6.02. The maximum Gasteiger partial charge on any atom is 0.460 e. The van der Waals surface area contributed by atoms with Crippen molar-refractivity contribution >= 4 is 10.1 Å². The van der Waals surface area contributed by atoms with Gasteiger partial charge < -0.3 is 4.55 Å². The second kappa shape index (κ2) is 12.6. The fourth-order valence-corrected chi connectivity index (χ4v) is 3.44. The summed E-state index contributed by atoms with van der Waals surface area (Å²) in [5.74, 6) is -14.8. The molecule has 0 aromatic heterocycles. The first-order valence-electron chi connectivity index (χ1n) is 11.7. The molecule has 0 N–H and O–H groups in total. The number of hydrogen-bond donors (Lipinski definition) is 0. The van der Waals surface area contributed by atoms with E-state index >= 15 is 0 Å². The summed E-state index contributed by atoms with van der Waals surface area (Å²) in [5, 5.41) is -7.11. The van der Waals surface area contributed by atoms with E-state index in [1.54, 1.807) is 6.92 Å². The monoisotopic (exact) mass is 608 g/mol. The van der Waals surface area contributed by atoms with Gasteiger partial charge in [0.25, 0.3) is 0 Å². The van der Waals surface area contributed by atoms with Crippen molar-refractivity contribution in [3.63, 3.8) is 0 Å². The van der Waals surface area contributed by atoms with Gasteiger partial charge >= 0.3 is 23.3 Å². The quantitative estimate of drug-likeness (QED) is 0.194. The van der Waals surface area contributed by atoms with Gasteiger partial charge in [0, 0.05) is 0 Å². The Kier molecular flexibility index (Phi) is 11.9. The highest BCUT2D eigenvalue weighted by atomic mass is 32.2. The first kappa shape index (κ1) is 37.6. The Morgan fingerprint density at radius 1 is 0.600 bits per heavy atom. The minimum absolute atomic E-state index is 0.229. The van der Waals surface area contributed by atoms with Gasteiger partial charge in [-0.1, -0.05) is 90.1 Å². The van der Waals surface area contributed by atoms with Gasteiger partial charge in [0.1, 0.15) is 0 Å². The Morgan fingerprint density at radius 3 is 1.07 bits per heavy atom. The van der Waals surface area contributed by atoms with Crippen molar-refractivity contribution in [3.05, 3.63) is 77.7 Å². The molecule has 0 bridgehead atoms. The normalized spacial score (nSPS) is 13.5. The molecule has 0 heterocycles. The molecule has 0 aliphatic carbocycles. The SMILES string of the molecule is CC(C)(C)c1ccc(Cc2ccc(C(C)(C)C)cc2)cc1.O=S(=O)([O-])C(F)(F)C(F)(F)C(F)(F)C(F)(F)F.[CH2+]C. The van der Waals surface area contributed by atoms with Crippen LogP contribution in [0.1, 0.15) is 70.7 Å². The largest absolute Gasteiger partial charge is 0.743 e. The van der Waals surface area contributed by atoms with E-state index in [1.807, 2.05) is 0 Å². The van der Waals surface area contributed by atoms with Crippen LogP contribution in [0.15, 0.2) is 48.5 Å². The fourth-order valence-electron chi connectivity index (χ4n) is 3.00. The Morgan fingerprint density at radius 2 is 0.875 bits per heavy atom. The zero-order chi connectivity index (χ0) is 32.2. The standard InChI is InChI=1S/C21H28.C4HF9O3S.C2H5/c1-20(2,3)18-11-7-16(8-12-18)15-17-9-13-19(14-10-17)21(4,5)6;5-1(6,3(9,10)11)2(7,8)4(12,13)17(14,15)16;1-2/h7-14H,15H2,1-6H3;(H,14,15,16);1H2,2H3/q;;+1/p-1. The van der Waals surface area contributed by atoms with Crippen molar-refractivity contribution in [1.29, 1.82) is 0 Å².